The molecule has 0 aliphatic rings. The highest BCUT2D eigenvalue weighted by Crippen LogP contribution is 2.26. The standard InChI is InChI=1S/C16H20N2O4/c1-12(22-15-8-4-3-7-14(15)20-2)10-17-16(19)18-11-13-6-5-9-21-13/h3-9,12H,10-11H2,1-2H3,(H2,17,18,19). The normalized spacial score (nSPS) is 11.5. The first-order chi connectivity index (χ1) is 10.7. The second-order valence-corrected chi connectivity index (χ2v) is 4.72. The second kappa shape index (κ2) is 7.97. The van der Waals surface area contributed by atoms with E-state index in [0.717, 1.165) is 0 Å². The van der Waals surface area contributed by atoms with Gasteiger partial charge < -0.3 is 24.5 Å². The maximum atomic E-state index is 11.7. The van der Waals surface area contributed by atoms with Crippen LogP contribution in [0.15, 0.2) is 47.1 Å². The molecule has 1 unspecified atom stereocenters. The number of nitrogens with one attached hydrogen (secondary N) is 2. The second-order valence-electron chi connectivity index (χ2n) is 4.72. The van der Waals surface area contributed by atoms with Crippen molar-refractivity contribution in [2.24, 2.45) is 0 Å². The number of rotatable bonds is 7. The lowest BCUT2D eigenvalue weighted by atomic mass is 10.3. The zero-order chi connectivity index (χ0) is 15.8. The molecule has 0 radical (unpaired) electrons. The van der Waals surface area contributed by atoms with Crippen molar-refractivity contribution in [2.75, 3.05) is 13.7 Å². The van der Waals surface area contributed by atoms with E-state index in [-0.39, 0.29) is 12.1 Å². The minimum absolute atomic E-state index is 0.189. The first-order valence-corrected chi connectivity index (χ1v) is 7.03. The van der Waals surface area contributed by atoms with Crippen molar-refractivity contribution >= 4 is 6.03 Å². The summed E-state index contributed by atoms with van der Waals surface area (Å²) < 4.78 is 16.1. The number of amides is 2. The molecule has 22 heavy (non-hydrogen) atoms. The molecule has 2 rings (SSSR count). The number of ether oxygens (including phenoxy) is 2. The van der Waals surface area contributed by atoms with E-state index in [9.17, 15) is 4.79 Å². The highest BCUT2D eigenvalue weighted by Gasteiger charge is 2.10. The van der Waals surface area contributed by atoms with Gasteiger partial charge in [0.25, 0.3) is 0 Å². The van der Waals surface area contributed by atoms with Crippen LogP contribution in [0.25, 0.3) is 0 Å². The number of furan rings is 1. The minimum atomic E-state index is -0.271. The fourth-order valence-corrected chi connectivity index (χ4v) is 1.85. The van der Waals surface area contributed by atoms with E-state index in [2.05, 4.69) is 10.6 Å². The average Bonchev–Trinajstić information content (AvgIpc) is 3.05. The van der Waals surface area contributed by atoms with E-state index in [4.69, 9.17) is 13.9 Å². The van der Waals surface area contributed by atoms with Gasteiger partial charge >= 0.3 is 6.03 Å². The molecular weight excluding hydrogens is 284 g/mol. The Balaban J connectivity index is 1.72. The molecule has 1 atom stereocenters. The Kier molecular flexibility index (Phi) is 5.71. The molecule has 1 heterocycles. The Labute approximate surface area is 129 Å². The van der Waals surface area contributed by atoms with Crippen LogP contribution in [0.1, 0.15) is 12.7 Å². The lowest BCUT2D eigenvalue weighted by molar-refractivity contribution is 0.201. The fraction of sp³-hybridized carbons (Fsp3) is 0.312. The van der Waals surface area contributed by atoms with E-state index >= 15 is 0 Å². The lowest BCUT2D eigenvalue weighted by Gasteiger charge is -2.17. The monoisotopic (exact) mass is 304 g/mol. The Bertz CT molecular complexity index is 584. The maximum Gasteiger partial charge on any atom is 0.315 e. The highest BCUT2D eigenvalue weighted by atomic mass is 16.5. The molecule has 6 nitrogen and oxygen atoms in total. The minimum Gasteiger partial charge on any atom is -0.493 e. The number of hydrogen-bond donors (Lipinski definition) is 2. The van der Waals surface area contributed by atoms with Gasteiger partial charge in [0.2, 0.25) is 0 Å². The van der Waals surface area contributed by atoms with Gasteiger partial charge in [0.15, 0.2) is 11.5 Å². The number of hydrogen-bond acceptors (Lipinski definition) is 4. The van der Waals surface area contributed by atoms with Crippen LogP contribution in [0.5, 0.6) is 11.5 Å². The molecule has 0 spiro atoms. The molecule has 0 aliphatic heterocycles. The maximum absolute atomic E-state index is 11.7. The third-order valence-corrected chi connectivity index (χ3v) is 2.95. The molecule has 0 saturated heterocycles. The van der Waals surface area contributed by atoms with Gasteiger partial charge in [-0.05, 0) is 31.2 Å². The summed E-state index contributed by atoms with van der Waals surface area (Å²) in [6.07, 6.45) is 1.38. The molecular formula is C16H20N2O4. The predicted molar refractivity (Wildman–Crippen MR) is 82.0 cm³/mol. The summed E-state index contributed by atoms with van der Waals surface area (Å²) in [5.74, 6) is 2.01. The Morgan fingerprint density at radius 2 is 1.95 bits per heavy atom. The molecule has 1 aromatic heterocycles. The predicted octanol–water partition coefficient (Wildman–Crippen LogP) is 2.55. The summed E-state index contributed by atoms with van der Waals surface area (Å²) in [7, 11) is 1.59. The number of carbonyl (C=O) groups excluding carboxylic acids is 1. The molecule has 6 heteroatoms. The summed E-state index contributed by atoms with van der Waals surface area (Å²) in [6.45, 7) is 2.60. The van der Waals surface area contributed by atoms with E-state index < -0.39 is 0 Å². The summed E-state index contributed by atoms with van der Waals surface area (Å²) >= 11 is 0. The SMILES string of the molecule is COc1ccccc1OC(C)CNC(=O)NCc1ccco1. The van der Waals surface area contributed by atoms with Gasteiger partial charge in [-0.3, -0.25) is 0 Å². The molecule has 2 N–H and O–H groups in total. The van der Waals surface area contributed by atoms with Gasteiger partial charge in [-0.1, -0.05) is 12.1 Å². The van der Waals surface area contributed by atoms with Crippen molar-refractivity contribution in [1.82, 2.24) is 10.6 Å². The molecule has 2 aromatic rings. The van der Waals surface area contributed by atoms with Gasteiger partial charge in [-0.2, -0.15) is 0 Å². The summed E-state index contributed by atoms with van der Waals surface area (Å²) in [6, 6.07) is 10.7. The largest absolute Gasteiger partial charge is 0.493 e. The van der Waals surface area contributed by atoms with Crippen molar-refractivity contribution in [3.05, 3.63) is 48.4 Å². The molecule has 118 valence electrons. The lowest BCUT2D eigenvalue weighted by Crippen LogP contribution is -2.40. The summed E-state index contributed by atoms with van der Waals surface area (Å²) in [5, 5.41) is 5.45. The quantitative estimate of drug-likeness (QED) is 0.824. The summed E-state index contributed by atoms with van der Waals surface area (Å²) in [4.78, 5) is 11.7. The van der Waals surface area contributed by atoms with E-state index in [0.29, 0.717) is 30.3 Å². The van der Waals surface area contributed by atoms with Gasteiger partial charge in [0, 0.05) is 0 Å². The third-order valence-electron chi connectivity index (χ3n) is 2.95. The van der Waals surface area contributed by atoms with E-state index in [1.54, 1.807) is 25.5 Å². The van der Waals surface area contributed by atoms with Gasteiger partial charge in [0.1, 0.15) is 11.9 Å². The number of urea groups is 1. The van der Waals surface area contributed by atoms with Crippen LogP contribution in [0.4, 0.5) is 4.79 Å². The van der Waals surface area contributed by atoms with E-state index in [1.165, 1.54) is 0 Å². The van der Waals surface area contributed by atoms with Gasteiger partial charge in [-0.25, -0.2) is 4.79 Å². The zero-order valence-corrected chi connectivity index (χ0v) is 12.7. The smallest absolute Gasteiger partial charge is 0.315 e. The summed E-state index contributed by atoms with van der Waals surface area (Å²) in [5.41, 5.74) is 0. The first-order valence-electron chi connectivity index (χ1n) is 7.03. The number of benzene rings is 1. The van der Waals surface area contributed by atoms with Crippen LogP contribution in [0.3, 0.4) is 0 Å². The third kappa shape index (κ3) is 4.73. The van der Waals surface area contributed by atoms with Crippen LogP contribution in [0, 0.1) is 0 Å². The van der Waals surface area contributed by atoms with Crippen LogP contribution in [-0.2, 0) is 6.54 Å². The fourth-order valence-electron chi connectivity index (χ4n) is 1.85. The zero-order valence-electron chi connectivity index (χ0n) is 12.7. The molecule has 1 aromatic carbocycles. The van der Waals surface area contributed by atoms with Gasteiger partial charge in [-0.15, -0.1) is 0 Å². The van der Waals surface area contributed by atoms with Crippen LogP contribution in [0.2, 0.25) is 0 Å². The van der Waals surface area contributed by atoms with Crippen molar-refractivity contribution in [3.63, 3.8) is 0 Å². The number of methoxy groups -OCH3 is 1. The van der Waals surface area contributed by atoms with Crippen molar-refractivity contribution in [2.45, 2.75) is 19.6 Å². The Morgan fingerprint density at radius 3 is 2.64 bits per heavy atom. The number of para-hydroxylation sites is 2. The van der Waals surface area contributed by atoms with E-state index in [1.807, 2.05) is 31.2 Å². The van der Waals surface area contributed by atoms with Crippen LogP contribution >= 0.6 is 0 Å². The Hall–Kier alpha value is -2.63. The van der Waals surface area contributed by atoms with Crippen LogP contribution < -0.4 is 20.1 Å². The average molecular weight is 304 g/mol. The molecule has 0 bridgehead atoms. The number of carbonyl (C=O) groups is 1. The van der Waals surface area contributed by atoms with Crippen molar-refractivity contribution < 1.29 is 18.7 Å². The van der Waals surface area contributed by atoms with Crippen molar-refractivity contribution in [1.29, 1.82) is 0 Å². The first kappa shape index (κ1) is 15.8. The topological polar surface area (TPSA) is 72.7 Å². The van der Waals surface area contributed by atoms with Gasteiger partial charge in [0.05, 0.1) is 26.5 Å². The Morgan fingerprint density at radius 1 is 1.18 bits per heavy atom. The molecule has 2 amide bonds. The molecule has 0 saturated carbocycles. The van der Waals surface area contributed by atoms with Crippen LogP contribution in [-0.4, -0.2) is 25.8 Å². The highest BCUT2D eigenvalue weighted by molar-refractivity contribution is 5.73. The molecule has 0 fully saturated rings. The van der Waals surface area contributed by atoms with Crippen molar-refractivity contribution in [3.8, 4) is 11.5 Å². The molecule has 0 aliphatic carbocycles.